The Morgan fingerprint density at radius 2 is 1.79 bits per heavy atom. The monoisotopic (exact) mass is 277 g/mol. The van der Waals surface area contributed by atoms with E-state index < -0.39 is 6.10 Å². The highest BCUT2D eigenvalue weighted by atomic mass is 35.5. The third kappa shape index (κ3) is 2.50. The van der Waals surface area contributed by atoms with Gasteiger partial charge in [-0.3, -0.25) is 0 Å². The van der Waals surface area contributed by atoms with Gasteiger partial charge >= 0.3 is 0 Å². The zero-order valence-electron chi connectivity index (χ0n) is 10.0. The van der Waals surface area contributed by atoms with Crippen LogP contribution in [0.25, 0.3) is 0 Å². The van der Waals surface area contributed by atoms with Gasteiger partial charge in [-0.05, 0) is 35.4 Å². The average molecular weight is 278 g/mol. The van der Waals surface area contributed by atoms with E-state index in [0.717, 1.165) is 5.56 Å². The number of pyridine rings is 1. The fraction of sp³-hybridized carbons (Fsp3) is 0.214. The molecule has 1 aliphatic heterocycles. The van der Waals surface area contributed by atoms with E-state index in [0.29, 0.717) is 35.4 Å². The Bertz CT molecular complexity index is 603. The standard InChI is InChI=1S/C14H12ClNO3/c15-13-8-10(3-4-16-13)14(17)9-1-2-11-12(7-9)19-6-5-18-11/h1-4,7-8,14,17H,5-6H2. The van der Waals surface area contributed by atoms with Crippen LogP contribution in [-0.4, -0.2) is 23.3 Å². The van der Waals surface area contributed by atoms with Crippen LogP contribution in [0.3, 0.4) is 0 Å². The third-order valence-corrected chi connectivity index (χ3v) is 3.16. The van der Waals surface area contributed by atoms with Crippen LogP contribution in [-0.2, 0) is 0 Å². The molecule has 1 aliphatic rings. The Morgan fingerprint density at radius 1 is 1.05 bits per heavy atom. The Balaban J connectivity index is 1.93. The van der Waals surface area contributed by atoms with Crippen molar-refractivity contribution in [2.24, 2.45) is 0 Å². The molecule has 0 spiro atoms. The summed E-state index contributed by atoms with van der Waals surface area (Å²) in [5.41, 5.74) is 1.42. The molecule has 0 bridgehead atoms. The van der Waals surface area contributed by atoms with Crippen molar-refractivity contribution in [3.63, 3.8) is 0 Å². The molecule has 1 N–H and O–H groups in total. The topological polar surface area (TPSA) is 51.6 Å². The fourth-order valence-corrected chi connectivity index (χ4v) is 2.19. The summed E-state index contributed by atoms with van der Waals surface area (Å²) in [6.45, 7) is 1.07. The van der Waals surface area contributed by atoms with Crippen LogP contribution < -0.4 is 9.47 Å². The minimum Gasteiger partial charge on any atom is -0.486 e. The summed E-state index contributed by atoms with van der Waals surface area (Å²) < 4.78 is 10.9. The first kappa shape index (κ1) is 12.3. The number of fused-ring (bicyclic) bond motifs is 1. The largest absolute Gasteiger partial charge is 0.486 e. The van der Waals surface area contributed by atoms with Gasteiger partial charge in [0.15, 0.2) is 11.5 Å². The second kappa shape index (κ2) is 5.07. The molecular weight excluding hydrogens is 266 g/mol. The zero-order valence-corrected chi connectivity index (χ0v) is 10.8. The lowest BCUT2D eigenvalue weighted by Gasteiger charge is -2.20. The predicted octanol–water partition coefficient (Wildman–Crippen LogP) is 2.59. The zero-order chi connectivity index (χ0) is 13.2. The van der Waals surface area contributed by atoms with Gasteiger partial charge < -0.3 is 14.6 Å². The lowest BCUT2D eigenvalue weighted by molar-refractivity contribution is 0.169. The summed E-state index contributed by atoms with van der Waals surface area (Å²) in [7, 11) is 0. The summed E-state index contributed by atoms with van der Waals surface area (Å²) in [6, 6.07) is 8.77. The number of aliphatic hydroxyl groups excluding tert-OH is 1. The van der Waals surface area contributed by atoms with Crippen molar-refractivity contribution < 1.29 is 14.6 Å². The van der Waals surface area contributed by atoms with Gasteiger partial charge in [0.25, 0.3) is 0 Å². The summed E-state index contributed by atoms with van der Waals surface area (Å²) in [6.07, 6.45) is 0.801. The molecule has 1 aromatic carbocycles. The van der Waals surface area contributed by atoms with Gasteiger partial charge in [0.1, 0.15) is 24.5 Å². The molecule has 4 nitrogen and oxygen atoms in total. The first-order valence-electron chi connectivity index (χ1n) is 5.93. The number of rotatable bonds is 2. The number of benzene rings is 1. The van der Waals surface area contributed by atoms with E-state index in [9.17, 15) is 5.11 Å². The van der Waals surface area contributed by atoms with E-state index >= 15 is 0 Å². The van der Waals surface area contributed by atoms with Gasteiger partial charge in [0.2, 0.25) is 0 Å². The number of aliphatic hydroxyl groups is 1. The van der Waals surface area contributed by atoms with Crippen molar-refractivity contribution >= 4 is 11.6 Å². The second-order valence-electron chi connectivity index (χ2n) is 4.22. The van der Waals surface area contributed by atoms with Crippen LogP contribution in [0, 0.1) is 0 Å². The maximum atomic E-state index is 10.3. The van der Waals surface area contributed by atoms with Crippen molar-refractivity contribution in [2.45, 2.75) is 6.10 Å². The van der Waals surface area contributed by atoms with Gasteiger partial charge in [-0.15, -0.1) is 0 Å². The molecule has 98 valence electrons. The average Bonchev–Trinajstić information content (AvgIpc) is 2.46. The molecule has 0 saturated heterocycles. The number of hydrogen-bond donors (Lipinski definition) is 1. The van der Waals surface area contributed by atoms with Crippen molar-refractivity contribution in [3.8, 4) is 11.5 Å². The first-order valence-corrected chi connectivity index (χ1v) is 6.31. The van der Waals surface area contributed by atoms with Crippen LogP contribution in [0.1, 0.15) is 17.2 Å². The molecule has 3 rings (SSSR count). The maximum Gasteiger partial charge on any atom is 0.161 e. The summed E-state index contributed by atoms with van der Waals surface area (Å²) in [4.78, 5) is 3.90. The number of ether oxygens (including phenoxy) is 2. The minimum absolute atomic E-state index is 0.356. The van der Waals surface area contributed by atoms with Crippen LogP contribution in [0.15, 0.2) is 36.5 Å². The highest BCUT2D eigenvalue weighted by molar-refractivity contribution is 6.29. The Labute approximate surface area is 115 Å². The van der Waals surface area contributed by atoms with E-state index in [1.165, 1.54) is 0 Å². The molecule has 19 heavy (non-hydrogen) atoms. The lowest BCUT2D eigenvalue weighted by Crippen LogP contribution is -2.15. The number of hydrogen-bond acceptors (Lipinski definition) is 4. The quantitative estimate of drug-likeness (QED) is 0.857. The van der Waals surface area contributed by atoms with E-state index in [-0.39, 0.29) is 0 Å². The van der Waals surface area contributed by atoms with E-state index in [2.05, 4.69) is 4.98 Å². The molecule has 0 saturated carbocycles. The van der Waals surface area contributed by atoms with Crippen molar-refractivity contribution in [2.75, 3.05) is 13.2 Å². The first-order chi connectivity index (χ1) is 9.24. The molecule has 1 aromatic heterocycles. The highest BCUT2D eigenvalue weighted by Gasteiger charge is 2.16. The molecule has 1 atom stereocenters. The number of nitrogens with zero attached hydrogens (tertiary/aromatic N) is 1. The normalized spacial score (nSPS) is 15.1. The SMILES string of the molecule is OC(c1ccnc(Cl)c1)c1ccc2c(c1)OCCO2. The Kier molecular flexibility index (Phi) is 3.27. The fourth-order valence-electron chi connectivity index (χ4n) is 2.01. The highest BCUT2D eigenvalue weighted by Crippen LogP contribution is 2.34. The number of halogens is 1. The second-order valence-corrected chi connectivity index (χ2v) is 4.60. The van der Waals surface area contributed by atoms with Gasteiger partial charge in [0, 0.05) is 6.20 Å². The molecular formula is C14H12ClNO3. The molecule has 1 unspecified atom stereocenters. The Morgan fingerprint density at radius 3 is 2.58 bits per heavy atom. The van der Waals surface area contributed by atoms with E-state index in [4.69, 9.17) is 21.1 Å². The lowest BCUT2D eigenvalue weighted by atomic mass is 10.0. The number of aromatic nitrogens is 1. The molecule has 5 heteroatoms. The minimum atomic E-state index is -0.767. The van der Waals surface area contributed by atoms with Gasteiger partial charge in [-0.25, -0.2) is 4.98 Å². The molecule has 0 amide bonds. The summed E-state index contributed by atoms with van der Waals surface area (Å²) >= 11 is 5.82. The van der Waals surface area contributed by atoms with Crippen molar-refractivity contribution in [1.29, 1.82) is 0 Å². The van der Waals surface area contributed by atoms with Crippen molar-refractivity contribution in [3.05, 3.63) is 52.8 Å². The molecule has 0 fully saturated rings. The van der Waals surface area contributed by atoms with E-state index in [1.807, 2.05) is 6.07 Å². The predicted molar refractivity (Wildman–Crippen MR) is 70.7 cm³/mol. The van der Waals surface area contributed by atoms with Crippen LogP contribution >= 0.6 is 11.6 Å². The molecule has 0 radical (unpaired) electrons. The summed E-state index contributed by atoms with van der Waals surface area (Å²) in [5.74, 6) is 1.36. The summed E-state index contributed by atoms with van der Waals surface area (Å²) in [5, 5.41) is 10.7. The van der Waals surface area contributed by atoms with Crippen LogP contribution in [0.5, 0.6) is 11.5 Å². The van der Waals surface area contributed by atoms with Crippen LogP contribution in [0.4, 0.5) is 0 Å². The van der Waals surface area contributed by atoms with Gasteiger partial charge in [-0.2, -0.15) is 0 Å². The Hall–Kier alpha value is -1.78. The van der Waals surface area contributed by atoms with Gasteiger partial charge in [-0.1, -0.05) is 17.7 Å². The van der Waals surface area contributed by atoms with Gasteiger partial charge in [0.05, 0.1) is 0 Å². The van der Waals surface area contributed by atoms with Crippen LogP contribution in [0.2, 0.25) is 5.15 Å². The van der Waals surface area contributed by atoms with E-state index in [1.54, 1.807) is 30.5 Å². The molecule has 2 aromatic rings. The van der Waals surface area contributed by atoms with Crippen molar-refractivity contribution in [1.82, 2.24) is 4.98 Å². The smallest absolute Gasteiger partial charge is 0.161 e. The third-order valence-electron chi connectivity index (χ3n) is 2.95. The molecule has 0 aliphatic carbocycles. The molecule has 2 heterocycles. The maximum absolute atomic E-state index is 10.3.